The maximum absolute atomic E-state index is 11.9. The van der Waals surface area contributed by atoms with Crippen LogP contribution in [0.5, 0.6) is 0 Å². The van der Waals surface area contributed by atoms with Crippen LogP contribution in [0.15, 0.2) is 33.8 Å². The van der Waals surface area contributed by atoms with Gasteiger partial charge < -0.3 is 9.64 Å². The predicted molar refractivity (Wildman–Crippen MR) is 83.8 cm³/mol. The van der Waals surface area contributed by atoms with E-state index in [1.165, 1.54) is 0 Å². The van der Waals surface area contributed by atoms with E-state index >= 15 is 0 Å². The molecule has 21 heavy (non-hydrogen) atoms. The second-order valence-corrected chi connectivity index (χ2v) is 6.27. The Morgan fingerprint density at radius 1 is 1.62 bits per heavy atom. The smallest absolute Gasteiger partial charge is 0.281 e. The summed E-state index contributed by atoms with van der Waals surface area (Å²) in [6, 6.07) is 0. The number of hydrogen-bond acceptors (Lipinski definition) is 4. The third-order valence-corrected chi connectivity index (χ3v) is 5.12. The first-order valence-electron chi connectivity index (χ1n) is 6.89. The lowest BCUT2D eigenvalue weighted by Gasteiger charge is -2.25. The fourth-order valence-corrected chi connectivity index (χ4v) is 3.44. The molecule has 3 heterocycles. The number of carbonyl (C=O) groups is 1. The molecule has 112 valence electrons. The lowest BCUT2D eigenvalue weighted by molar-refractivity contribution is -0.709. The largest absolute Gasteiger partial charge is 0.375 e. The number of ether oxygens (including phenoxy) is 1. The zero-order chi connectivity index (χ0) is 15.0. The molecule has 1 fully saturated rings. The van der Waals surface area contributed by atoms with Gasteiger partial charge in [-0.2, -0.15) is 4.99 Å². The Labute approximate surface area is 132 Å². The highest BCUT2D eigenvalue weighted by molar-refractivity contribution is 9.18. The van der Waals surface area contributed by atoms with E-state index in [-0.39, 0.29) is 18.4 Å². The molecule has 0 aromatic carbocycles. The third kappa shape index (κ3) is 2.39. The Bertz CT molecular complexity index is 596. The molecule has 6 nitrogen and oxygen atoms in total. The van der Waals surface area contributed by atoms with Crippen molar-refractivity contribution in [3.05, 3.63) is 23.8 Å². The highest BCUT2D eigenvalue weighted by Crippen LogP contribution is 2.38. The number of fused-ring (bicyclic) bond motifs is 1. The van der Waals surface area contributed by atoms with E-state index in [0.717, 1.165) is 29.1 Å². The number of methoxy groups -OCH3 is 1. The summed E-state index contributed by atoms with van der Waals surface area (Å²) in [6.45, 7) is 1.60. The molecule has 7 heteroatoms. The summed E-state index contributed by atoms with van der Waals surface area (Å²) in [5, 5.41) is 0. The standard InChI is InChI=1S/C14H18BrN4O2/c1-19-6-4-16-7-11(19)13(17-14(19)15)10-3-5-18(8-10)12(20)9-21-2/h4,6-7,10H,3,5,8-9H2,1-2H3/q+1. The fourth-order valence-electron chi connectivity index (χ4n) is 2.94. The van der Waals surface area contributed by atoms with Crippen molar-refractivity contribution in [1.29, 1.82) is 0 Å². The number of nitrogens with zero attached hydrogens (tertiary/aromatic N) is 4. The number of halogens is 1. The molecule has 1 amide bonds. The van der Waals surface area contributed by atoms with E-state index in [1.807, 2.05) is 17.3 Å². The third-order valence-electron chi connectivity index (χ3n) is 4.20. The number of amidine groups is 1. The summed E-state index contributed by atoms with van der Waals surface area (Å²) in [7, 11) is 3.61. The van der Waals surface area contributed by atoms with Crippen LogP contribution in [0.2, 0.25) is 0 Å². The van der Waals surface area contributed by atoms with E-state index in [1.54, 1.807) is 13.3 Å². The molecule has 1 saturated heterocycles. The quantitative estimate of drug-likeness (QED) is 0.569. The highest BCUT2D eigenvalue weighted by atomic mass is 79.9. The van der Waals surface area contributed by atoms with Gasteiger partial charge in [-0.1, -0.05) is 0 Å². The van der Waals surface area contributed by atoms with Gasteiger partial charge in [-0.3, -0.25) is 9.79 Å². The van der Waals surface area contributed by atoms with Crippen LogP contribution in [0, 0.1) is 5.92 Å². The summed E-state index contributed by atoms with van der Waals surface area (Å²) >= 11 is 3.56. The fraction of sp³-hybridized carbons (Fsp3) is 0.500. The van der Waals surface area contributed by atoms with E-state index in [2.05, 4.69) is 28.0 Å². The first-order valence-corrected chi connectivity index (χ1v) is 7.69. The van der Waals surface area contributed by atoms with Crippen LogP contribution in [-0.4, -0.2) is 60.1 Å². The van der Waals surface area contributed by atoms with E-state index in [4.69, 9.17) is 9.73 Å². The van der Waals surface area contributed by atoms with Gasteiger partial charge in [0.05, 0.1) is 19.5 Å². The van der Waals surface area contributed by atoms with Crippen molar-refractivity contribution in [2.45, 2.75) is 6.42 Å². The number of aliphatic imine (C=N–C) groups is 2. The Morgan fingerprint density at radius 3 is 3.19 bits per heavy atom. The molecule has 3 aliphatic rings. The minimum Gasteiger partial charge on any atom is -0.375 e. The van der Waals surface area contributed by atoms with Gasteiger partial charge in [-0.15, -0.1) is 0 Å². The normalized spacial score (nSPS) is 30.9. The summed E-state index contributed by atoms with van der Waals surface area (Å²) in [5.41, 5.74) is 2.11. The summed E-state index contributed by atoms with van der Waals surface area (Å²) < 4.78 is 6.30. The zero-order valence-electron chi connectivity index (χ0n) is 12.1. The maximum Gasteiger partial charge on any atom is 0.281 e. The van der Waals surface area contributed by atoms with Crippen LogP contribution < -0.4 is 0 Å². The number of rotatable bonds is 3. The van der Waals surface area contributed by atoms with Gasteiger partial charge in [-0.25, -0.2) is 4.48 Å². The summed E-state index contributed by atoms with van der Waals surface area (Å²) in [4.78, 5) is 22.7. The van der Waals surface area contributed by atoms with Crippen LogP contribution in [0.3, 0.4) is 0 Å². The molecule has 0 aliphatic carbocycles. The zero-order valence-corrected chi connectivity index (χ0v) is 13.7. The Kier molecular flexibility index (Phi) is 3.81. The van der Waals surface area contributed by atoms with Gasteiger partial charge >= 0.3 is 0 Å². The van der Waals surface area contributed by atoms with E-state index in [9.17, 15) is 4.79 Å². The minimum absolute atomic E-state index is 0.0427. The van der Waals surface area contributed by atoms with Gasteiger partial charge in [0.15, 0.2) is 5.70 Å². The average molecular weight is 354 g/mol. The van der Waals surface area contributed by atoms with Gasteiger partial charge in [0.1, 0.15) is 18.5 Å². The number of allylic oxidation sites excluding steroid dienone is 1. The van der Waals surface area contributed by atoms with Crippen molar-refractivity contribution in [2.24, 2.45) is 15.9 Å². The highest BCUT2D eigenvalue weighted by Gasteiger charge is 2.44. The second-order valence-electron chi connectivity index (χ2n) is 5.56. The topological polar surface area (TPSA) is 54.3 Å². The molecule has 0 aromatic rings. The van der Waals surface area contributed by atoms with Gasteiger partial charge in [-0.05, 0) is 6.42 Å². The molecule has 0 bridgehead atoms. The van der Waals surface area contributed by atoms with Gasteiger partial charge in [0.2, 0.25) is 5.91 Å². The average Bonchev–Trinajstić information content (AvgIpc) is 3.03. The summed E-state index contributed by atoms with van der Waals surface area (Å²) in [5.74, 6) is 0.298. The van der Waals surface area contributed by atoms with Crippen molar-refractivity contribution in [3.8, 4) is 0 Å². The SMILES string of the molecule is COCC(=O)N1CCC(C2=C3C=NC=C[N+]3(C)C(Br)=N2)C1. The molecular formula is C14H18BrN4O2+. The van der Waals surface area contributed by atoms with Crippen LogP contribution in [0.25, 0.3) is 0 Å². The first kappa shape index (κ1) is 14.6. The number of hydrogen-bond donors (Lipinski definition) is 0. The monoisotopic (exact) mass is 353 g/mol. The Hall–Kier alpha value is -1.31. The maximum atomic E-state index is 11.9. The predicted octanol–water partition coefficient (Wildman–Crippen LogP) is 1.46. The molecule has 2 unspecified atom stereocenters. The van der Waals surface area contributed by atoms with Gasteiger partial charge in [0.25, 0.3) is 4.74 Å². The molecule has 3 rings (SSSR count). The van der Waals surface area contributed by atoms with Crippen molar-refractivity contribution in [1.82, 2.24) is 4.90 Å². The minimum atomic E-state index is 0.0427. The second kappa shape index (κ2) is 5.47. The van der Waals surface area contributed by atoms with E-state index in [0.29, 0.717) is 11.0 Å². The number of amides is 1. The van der Waals surface area contributed by atoms with E-state index < -0.39 is 0 Å². The molecule has 0 saturated carbocycles. The number of likely N-dealkylation sites (tertiary alicyclic amines) is 1. The lowest BCUT2D eigenvalue weighted by atomic mass is 10.0. The molecule has 0 aromatic heterocycles. The van der Waals surface area contributed by atoms with Crippen LogP contribution in [0.1, 0.15) is 6.42 Å². The van der Waals surface area contributed by atoms with Crippen molar-refractivity contribution >= 4 is 32.8 Å². The van der Waals surface area contributed by atoms with Crippen molar-refractivity contribution in [3.63, 3.8) is 0 Å². The van der Waals surface area contributed by atoms with Crippen molar-refractivity contribution in [2.75, 3.05) is 33.9 Å². The molecule has 3 aliphatic heterocycles. The van der Waals surface area contributed by atoms with Crippen molar-refractivity contribution < 1.29 is 14.0 Å². The molecule has 2 atom stereocenters. The van der Waals surface area contributed by atoms with Crippen LogP contribution >= 0.6 is 15.9 Å². The molecule has 0 radical (unpaired) electrons. The van der Waals surface area contributed by atoms with Gasteiger partial charge in [0, 0.05) is 42.0 Å². The summed E-state index contributed by atoms with van der Waals surface area (Å²) in [6.07, 6.45) is 6.58. The molecule has 0 N–H and O–H groups in total. The molecular weight excluding hydrogens is 336 g/mol. The molecule has 0 spiro atoms. The first-order chi connectivity index (χ1) is 10.1. The number of carbonyl (C=O) groups excluding carboxylic acids is 1. The van der Waals surface area contributed by atoms with Crippen LogP contribution in [0.4, 0.5) is 0 Å². The lowest BCUT2D eigenvalue weighted by Crippen LogP contribution is -2.39. The van der Waals surface area contributed by atoms with Crippen LogP contribution in [-0.2, 0) is 9.53 Å². The Morgan fingerprint density at radius 2 is 2.43 bits per heavy atom. The number of quaternary nitrogens is 1. The Balaban J connectivity index is 1.82.